The molecular formula is C21H22ClFN8O. The number of nitrogens with zero attached hydrogens (tertiary/aromatic N) is 8. The Morgan fingerprint density at radius 2 is 1.75 bits per heavy atom. The first-order valence-corrected chi connectivity index (χ1v) is 10.9. The molecule has 3 aromatic rings. The summed E-state index contributed by atoms with van der Waals surface area (Å²) >= 11 is 5.85. The predicted octanol–water partition coefficient (Wildman–Crippen LogP) is 2.64. The average molecular weight is 457 g/mol. The summed E-state index contributed by atoms with van der Waals surface area (Å²) in [4.78, 5) is 38.0. The van der Waals surface area contributed by atoms with Gasteiger partial charge in [0.25, 0.3) is 5.91 Å². The van der Waals surface area contributed by atoms with Crippen molar-refractivity contribution in [3.05, 3.63) is 53.6 Å². The van der Waals surface area contributed by atoms with Crippen molar-refractivity contribution in [1.29, 1.82) is 0 Å². The van der Waals surface area contributed by atoms with Crippen molar-refractivity contribution in [2.24, 2.45) is 0 Å². The zero-order valence-electron chi connectivity index (χ0n) is 17.5. The zero-order valence-corrected chi connectivity index (χ0v) is 18.2. The maximum absolute atomic E-state index is 15.3. The zero-order chi connectivity index (χ0) is 22.2. The first kappa shape index (κ1) is 20.7. The predicted molar refractivity (Wildman–Crippen MR) is 116 cm³/mol. The monoisotopic (exact) mass is 456 g/mol. The Bertz CT molecular complexity index is 1100. The van der Waals surface area contributed by atoms with Crippen LogP contribution in [0, 0.1) is 6.92 Å². The van der Waals surface area contributed by atoms with Gasteiger partial charge in [0.05, 0.1) is 35.6 Å². The third-order valence-corrected chi connectivity index (χ3v) is 6.05. The van der Waals surface area contributed by atoms with Crippen LogP contribution in [0.3, 0.4) is 0 Å². The molecule has 0 bridgehead atoms. The van der Waals surface area contributed by atoms with Crippen molar-refractivity contribution in [3.8, 4) is 5.95 Å². The minimum atomic E-state index is -1.22. The van der Waals surface area contributed by atoms with Crippen LogP contribution in [0.5, 0.6) is 0 Å². The summed E-state index contributed by atoms with van der Waals surface area (Å²) < 4.78 is 17.0. The molecule has 0 spiro atoms. The van der Waals surface area contributed by atoms with E-state index in [0.29, 0.717) is 35.4 Å². The van der Waals surface area contributed by atoms with Crippen LogP contribution in [0.1, 0.15) is 35.4 Å². The second-order valence-electron chi connectivity index (χ2n) is 8.08. The van der Waals surface area contributed by atoms with Crippen LogP contribution in [0.2, 0.25) is 5.02 Å². The number of amides is 1. The largest absolute Gasteiger partial charge is 0.338 e. The van der Waals surface area contributed by atoms with E-state index in [9.17, 15) is 4.79 Å². The number of hydrogen-bond donors (Lipinski definition) is 0. The van der Waals surface area contributed by atoms with E-state index in [1.807, 2.05) is 6.92 Å². The SMILES string of the molecule is Cc1nccn1-c1ncc(C(=O)N(C2CC2)[C@@H]2CCN(c3ncc(Cl)cn3)C[C@@H]2F)cn1. The van der Waals surface area contributed by atoms with Gasteiger partial charge < -0.3 is 9.80 Å². The highest BCUT2D eigenvalue weighted by molar-refractivity contribution is 6.30. The van der Waals surface area contributed by atoms with Crippen molar-refractivity contribution < 1.29 is 9.18 Å². The number of piperidine rings is 1. The molecule has 1 aliphatic heterocycles. The van der Waals surface area contributed by atoms with Crippen LogP contribution in [0.25, 0.3) is 5.95 Å². The van der Waals surface area contributed by atoms with Crippen molar-refractivity contribution in [1.82, 2.24) is 34.4 Å². The van der Waals surface area contributed by atoms with Crippen LogP contribution in [-0.2, 0) is 0 Å². The van der Waals surface area contributed by atoms with E-state index in [1.165, 1.54) is 24.8 Å². The van der Waals surface area contributed by atoms with Gasteiger partial charge in [-0.15, -0.1) is 0 Å². The summed E-state index contributed by atoms with van der Waals surface area (Å²) in [6.45, 7) is 2.52. The van der Waals surface area contributed by atoms with Gasteiger partial charge in [-0.2, -0.15) is 0 Å². The number of hydrogen-bond acceptors (Lipinski definition) is 7. The summed E-state index contributed by atoms with van der Waals surface area (Å²) in [6, 6.07) is -0.450. The number of halogens is 2. The minimum absolute atomic E-state index is 0.0552. The first-order chi connectivity index (χ1) is 15.5. The summed E-state index contributed by atoms with van der Waals surface area (Å²) in [7, 11) is 0. The van der Waals surface area contributed by atoms with Crippen molar-refractivity contribution in [2.45, 2.75) is 44.4 Å². The Balaban J connectivity index is 1.32. The van der Waals surface area contributed by atoms with Gasteiger partial charge >= 0.3 is 0 Å². The third kappa shape index (κ3) is 4.02. The summed E-state index contributed by atoms with van der Waals surface area (Å²) in [5.41, 5.74) is 0.356. The van der Waals surface area contributed by atoms with E-state index < -0.39 is 12.2 Å². The number of rotatable bonds is 5. The van der Waals surface area contributed by atoms with E-state index in [0.717, 1.165) is 18.7 Å². The summed E-state index contributed by atoms with van der Waals surface area (Å²) in [5.74, 6) is 1.40. The summed E-state index contributed by atoms with van der Waals surface area (Å²) in [5, 5.41) is 0.433. The van der Waals surface area contributed by atoms with E-state index >= 15 is 4.39 Å². The van der Waals surface area contributed by atoms with Crippen LogP contribution < -0.4 is 4.90 Å². The van der Waals surface area contributed by atoms with Gasteiger partial charge in [0.15, 0.2) is 0 Å². The number of carbonyl (C=O) groups is 1. The number of imidazole rings is 1. The number of aromatic nitrogens is 6. The molecule has 2 aliphatic rings. The Morgan fingerprint density at radius 1 is 1.06 bits per heavy atom. The minimum Gasteiger partial charge on any atom is -0.338 e. The molecular weight excluding hydrogens is 435 g/mol. The molecule has 1 saturated carbocycles. The quantitative estimate of drug-likeness (QED) is 0.582. The fraction of sp³-hybridized carbons (Fsp3) is 0.429. The molecule has 1 amide bonds. The highest BCUT2D eigenvalue weighted by Gasteiger charge is 2.43. The van der Waals surface area contributed by atoms with Crippen LogP contribution >= 0.6 is 11.6 Å². The van der Waals surface area contributed by atoms with E-state index in [1.54, 1.807) is 26.8 Å². The molecule has 0 N–H and O–H groups in total. The molecule has 0 radical (unpaired) electrons. The van der Waals surface area contributed by atoms with Gasteiger partial charge in [-0.25, -0.2) is 29.3 Å². The molecule has 166 valence electrons. The lowest BCUT2D eigenvalue weighted by Gasteiger charge is -2.40. The Morgan fingerprint density at radius 3 is 2.34 bits per heavy atom. The normalized spacial score (nSPS) is 20.9. The lowest BCUT2D eigenvalue weighted by Crippen LogP contribution is -2.55. The Kier molecular flexibility index (Phi) is 5.46. The number of carbonyl (C=O) groups excluding carboxylic acids is 1. The molecule has 0 unspecified atom stereocenters. The Labute approximate surface area is 189 Å². The topological polar surface area (TPSA) is 92.9 Å². The standard InChI is InChI=1S/C21H22ClFN8O/c1-13-24-5-7-30(13)21-25-8-14(9-26-21)19(32)31(16-2-3-16)18-4-6-29(12-17(18)23)20-27-10-15(22)11-28-20/h5,7-11,16-18H,2-4,6,12H2,1H3/t17-,18+/m0/s1. The smallest absolute Gasteiger partial charge is 0.257 e. The number of alkyl halides is 1. The average Bonchev–Trinajstić information content (AvgIpc) is 3.55. The van der Waals surface area contributed by atoms with Crippen molar-refractivity contribution in [3.63, 3.8) is 0 Å². The maximum Gasteiger partial charge on any atom is 0.257 e. The van der Waals surface area contributed by atoms with Crippen LogP contribution in [0.15, 0.2) is 37.2 Å². The third-order valence-electron chi connectivity index (χ3n) is 5.86. The highest BCUT2D eigenvalue weighted by Crippen LogP contribution is 2.34. The second kappa shape index (κ2) is 8.42. The molecule has 1 saturated heterocycles. The molecule has 2 fully saturated rings. The lowest BCUT2D eigenvalue weighted by molar-refractivity contribution is 0.0485. The van der Waals surface area contributed by atoms with Gasteiger partial charge in [0, 0.05) is 37.4 Å². The van der Waals surface area contributed by atoms with Crippen LogP contribution in [0.4, 0.5) is 10.3 Å². The second-order valence-corrected chi connectivity index (χ2v) is 8.52. The fourth-order valence-corrected chi connectivity index (χ4v) is 4.19. The molecule has 11 heteroatoms. The first-order valence-electron chi connectivity index (χ1n) is 10.5. The van der Waals surface area contributed by atoms with Gasteiger partial charge in [0.2, 0.25) is 11.9 Å². The molecule has 2 atom stereocenters. The lowest BCUT2D eigenvalue weighted by atomic mass is 10.00. The maximum atomic E-state index is 15.3. The van der Waals surface area contributed by atoms with Gasteiger partial charge in [-0.1, -0.05) is 11.6 Å². The molecule has 4 heterocycles. The van der Waals surface area contributed by atoms with Gasteiger partial charge in [-0.05, 0) is 26.2 Å². The van der Waals surface area contributed by atoms with E-state index in [4.69, 9.17) is 11.6 Å². The highest BCUT2D eigenvalue weighted by atomic mass is 35.5. The molecule has 1 aliphatic carbocycles. The van der Waals surface area contributed by atoms with E-state index in [-0.39, 0.29) is 18.5 Å². The Hall–Kier alpha value is -3.14. The van der Waals surface area contributed by atoms with Crippen LogP contribution in [-0.4, -0.2) is 71.6 Å². The van der Waals surface area contributed by atoms with Gasteiger partial charge in [0.1, 0.15) is 12.0 Å². The van der Waals surface area contributed by atoms with Crippen molar-refractivity contribution in [2.75, 3.05) is 18.0 Å². The summed E-state index contributed by atoms with van der Waals surface area (Å²) in [6.07, 6.45) is 10.5. The molecule has 3 aromatic heterocycles. The number of aryl methyl sites for hydroxylation is 1. The fourth-order valence-electron chi connectivity index (χ4n) is 4.09. The number of anilines is 1. The molecule has 9 nitrogen and oxygen atoms in total. The van der Waals surface area contributed by atoms with Gasteiger partial charge in [-0.3, -0.25) is 9.36 Å². The van der Waals surface area contributed by atoms with E-state index in [2.05, 4.69) is 24.9 Å². The molecule has 5 rings (SSSR count). The molecule has 32 heavy (non-hydrogen) atoms. The van der Waals surface area contributed by atoms with Crippen molar-refractivity contribution >= 4 is 23.5 Å². The molecule has 0 aromatic carbocycles.